The molecule has 0 saturated heterocycles. The van der Waals surface area contributed by atoms with Crippen LogP contribution in [0.1, 0.15) is 0 Å². The normalized spacial score (nSPS) is 15.6. The van der Waals surface area contributed by atoms with E-state index in [1.54, 1.807) is 0 Å². The molecule has 0 bridgehead atoms. The Hall–Kier alpha value is 0.400. The third-order valence-corrected chi connectivity index (χ3v) is 2.74. The van der Waals surface area contributed by atoms with E-state index in [0.29, 0.717) is 0 Å². The van der Waals surface area contributed by atoms with Gasteiger partial charge in [0.15, 0.2) is 0 Å². The minimum atomic E-state index is -7.86. The molecule has 126 valence electrons. The SMILES string of the molecule is O=S(=O)(O)C(F)(F)C(F)(F)C(F)(F)C(F)(F)C(F)(F)F.[CaH2]. The second-order valence-electron chi connectivity index (χ2n) is 3.21. The standard InChI is InChI=1S/C5HF11O3S.Ca.2H/c6-1(7,2(8,9)4(12,13)14)3(10,11)5(15,16)20(17,18)19;;;/h(H,17,18,19);;;. The van der Waals surface area contributed by atoms with Crippen molar-refractivity contribution in [2.45, 2.75) is 29.2 Å². The van der Waals surface area contributed by atoms with Gasteiger partial charge in [0, 0.05) is 0 Å². The Kier molecular flexibility index (Phi) is 6.53. The second-order valence-corrected chi connectivity index (χ2v) is 4.68. The van der Waals surface area contributed by atoms with Gasteiger partial charge in [0.1, 0.15) is 0 Å². The third-order valence-electron chi connectivity index (χ3n) is 1.83. The first-order chi connectivity index (χ1) is 8.25. The number of hydrogen-bond donors (Lipinski definition) is 1. The summed E-state index contributed by atoms with van der Waals surface area (Å²) in [6, 6.07) is 0. The number of rotatable bonds is 4. The Labute approximate surface area is 138 Å². The summed E-state index contributed by atoms with van der Waals surface area (Å²) in [7, 11) is -7.41. The molecule has 21 heavy (non-hydrogen) atoms. The van der Waals surface area contributed by atoms with E-state index in [1.807, 2.05) is 0 Å². The van der Waals surface area contributed by atoms with Gasteiger partial charge in [-0.05, 0) is 0 Å². The molecule has 0 radical (unpaired) electrons. The predicted molar refractivity (Wildman–Crippen MR) is 45.9 cm³/mol. The summed E-state index contributed by atoms with van der Waals surface area (Å²) in [5.74, 6) is -23.3. The molecule has 0 rings (SSSR count). The van der Waals surface area contributed by atoms with Gasteiger partial charge in [-0.2, -0.15) is 56.7 Å². The van der Waals surface area contributed by atoms with E-state index >= 15 is 0 Å². The van der Waals surface area contributed by atoms with Gasteiger partial charge in [0.25, 0.3) is 0 Å². The Morgan fingerprint density at radius 1 is 0.619 bits per heavy atom. The van der Waals surface area contributed by atoms with Crippen molar-refractivity contribution < 1.29 is 61.3 Å². The third kappa shape index (κ3) is 3.35. The van der Waals surface area contributed by atoms with Crippen LogP contribution in [-0.2, 0) is 10.1 Å². The van der Waals surface area contributed by atoms with Crippen LogP contribution in [0, 0.1) is 0 Å². The average Bonchev–Trinajstić information content (AvgIpc) is 2.12. The Balaban J connectivity index is 0. The zero-order chi connectivity index (χ0) is 17.0. The molecule has 0 unspecified atom stereocenters. The molecule has 0 aromatic rings. The van der Waals surface area contributed by atoms with Gasteiger partial charge in [0.2, 0.25) is 0 Å². The fourth-order valence-electron chi connectivity index (χ4n) is 0.720. The van der Waals surface area contributed by atoms with Crippen molar-refractivity contribution in [1.82, 2.24) is 0 Å². The molecule has 0 aliphatic rings. The Morgan fingerprint density at radius 2 is 0.905 bits per heavy atom. The molecule has 0 aliphatic carbocycles. The maximum absolute atomic E-state index is 12.5. The van der Waals surface area contributed by atoms with Crippen molar-refractivity contribution in [3.63, 3.8) is 0 Å². The summed E-state index contributed by atoms with van der Waals surface area (Å²) in [6.45, 7) is 0. The molecule has 16 heteroatoms. The summed E-state index contributed by atoms with van der Waals surface area (Å²) in [4.78, 5) is 0. The van der Waals surface area contributed by atoms with Crippen molar-refractivity contribution in [2.75, 3.05) is 0 Å². The second kappa shape index (κ2) is 5.79. The van der Waals surface area contributed by atoms with Crippen LogP contribution in [0.3, 0.4) is 0 Å². The van der Waals surface area contributed by atoms with Gasteiger partial charge in [-0.3, -0.25) is 4.55 Å². The molecule has 0 saturated carbocycles. The summed E-state index contributed by atoms with van der Waals surface area (Å²) >= 11 is 0. The maximum atomic E-state index is 12.5. The molecular formula is C5H3CaF11O3S. The summed E-state index contributed by atoms with van der Waals surface area (Å²) in [5, 5.41) is -7.29. The van der Waals surface area contributed by atoms with E-state index in [0.717, 1.165) is 0 Å². The van der Waals surface area contributed by atoms with E-state index in [4.69, 9.17) is 4.55 Å². The van der Waals surface area contributed by atoms with E-state index in [9.17, 15) is 56.7 Å². The predicted octanol–water partition coefficient (Wildman–Crippen LogP) is 2.02. The molecule has 0 amide bonds. The van der Waals surface area contributed by atoms with Crippen molar-refractivity contribution >= 4 is 47.9 Å². The topological polar surface area (TPSA) is 54.4 Å². The molecule has 0 heterocycles. The first-order valence-corrected chi connectivity index (χ1v) is 5.24. The van der Waals surface area contributed by atoms with Crippen LogP contribution in [0.2, 0.25) is 0 Å². The van der Waals surface area contributed by atoms with E-state index in [2.05, 4.69) is 0 Å². The first kappa shape index (κ1) is 23.7. The average molecular weight is 392 g/mol. The number of alkyl halides is 11. The van der Waals surface area contributed by atoms with Crippen LogP contribution in [0.25, 0.3) is 0 Å². The minimum absolute atomic E-state index is 0. The van der Waals surface area contributed by atoms with Gasteiger partial charge in [0.05, 0.1) is 0 Å². The fourth-order valence-corrected chi connectivity index (χ4v) is 1.17. The van der Waals surface area contributed by atoms with Crippen molar-refractivity contribution in [3.05, 3.63) is 0 Å². The van der Waals surface area contributed by atoms with Gasteiger partial charge in [-0.15, -0.1) is 0 Å². The molecule has 1 N–H and O–H groups in total. The van der Waals surface area contributed by atoms with Crippen LogP contribution in [0.4, 0.5) is 48.3 Å². The summed E-state index contributed by atoms with van der Waals surface area (Å²) < 4.78 is 161. The van der Waals surface area contributed by atoms with E-state index < -0.39 is 39.3 Å². The molecule has 0 atom stereocenters. The molecule has 0 aliphatic heterocycles. The fraction of sp³-hybridized carbons (Fsp3) is 1.00. The van der Waals surface area contributed by atoms with Gasteiger partial charge in [-0.1, -0.05) is 0 Å². The van der Waals surface area contributed by atoms with E-state index in [1.165, 1.54) is 0 Å². The van der Waals surface area contributed by atoms with Crippen LogP contribution in [0.15, 0.2) is 0 Å². The first-order valence-electron chi connectivity index (χ1n) is 3.80. The Bertz CT molecular complexity index is 481. The number of halogens is 11. The monoisotopic (exact) mass is 392 g/mol. The summed E-state index contributed by atoms with van der Waals surface area (Å²) in [6.07, 6.45) is -7.39. The molecule has 3 nitrogen and oxygen atoms in total. The van der Waals surface area contributed by atoms with Crippen molar-refractivity contribution in [3.8, 4) is 0 Å². The van der Waals surface area contributed by atoms with Crippen LogP contribution in [0.5, 0.6) is 0 Å². The van der Waals surface area contributed by atoms with Crippen LogP contribution < -0.4 is 0 Å². The quantitative estimate of drug-likeness (QED) is 0.453. The van der Waals surface area contributed by atoms with Crippen molar-refractivity contribution in [1.29, 1.82) is 0 Å². The van der Waals surface area contributed by atoms with E-state index in [-0.39, 0.29) is 37.7 Å². The molecule has 0 aromatic heterocycles. The van der Waals surface area contributed by atoms with Gasteiger partial charge >= 0.3 is 77.1 Å². The molecule has 0 spiro atoms. The molecular weight excluding hydrogens is 389 g/mol. The molecule has 0 aromatic carbocycles. The Morgan fingerprint density at radius 3 is 1.10 bits per heavy atom. The van der Waals surface area contributed by atoms with Crippen LogP contribution in [-0.4, -0.2) is 79.9 Å². The van der Waals surface area contributed by atoms with Crippen LogP contribution >= 0.6 is 0 Å². The molecule has 0 fully saturated rings. The zero-order valence-electron chi connectivity index (χ0n) is 8.33. The van der Waals surface area contributed by atoms with Gasteiger partial charge < -0.3 is 0 Å². The number of hydrogen-bond acceptors (Lipinski definition) is 2. The summed E-state index contributed by atoms with van der Waals surface area (Å²) in [5.41, 5.74) is 0. The van der Waals surface area contributed by atoms with Crippen molar-refractivity contribution in [2.24, 2.45) is 0 Å². The zero-order valence-corrected chi connectivity index (χ0v) is 9.15. The van der Waals surface area contributed by atoms with Gasteiger partial charge in [-0.25, -0.2) is 0 Å².